The summed E-state index contributed by atoms with van der Waals surface area (Å²) >= 11 is 0. The average Bonchev–Trinajstić information content (AvgIpc) is 2.66. The molecule has 0 amide bonds. The molecule has 0 saturated heterocycles. The topological polar surface area (TPSA) is 49.8 Å². The molecule has 1 aromatic rings. The van der Waals surface area contributed by atoms with E-state index >= 15 is 0 Å². The second-order valence-corrected chi connectivity index (χ2v) is 3.31. The Hall–Kier alpha value is -1.17. The van der Waals surface area contributed by atoms with Crippen LogP contribution in [-0.4, -0.2) is 16.2 Å². The molecule has 0 saturated carbocycles. The lowest BCUT2D eigenvalue weighted by Crippen LogP contribution is -2.22. The number of hydrogen-bond acceptors (Lipinski definition) is 2. The van der Waals surface area contributed by atoms with Gasteiger partial charge in [-0.3, -0.25) is 14.6 Å². The van der Waals surface area contributed by atoms with Gasteiger partial charge in [0.2, 0.25) is 6.43 Å². The zero-order valence-electron chi connectivity index (χ0n) is 7.52. The Morgan fingerprint density at radius 3 is 2.86 bits per heavy atom. The number of rotatable bonds is 3. The van der Waals surface area contributed by atoms with Crippen LogP contribution in [0.2, 0.25) is 0 Å². The largest absolute Gasteiger partial charge is 0.307 e. The van der Waals surface area contributed by atoms with Crippen molar-refractivity contribution in [2.45, 2.75) is 32.5 Å². The molecule has 1 aliphatic heterocycles. The molecule has 14 heavy (non-hydrogen) atoms. The van der Waals surface area contributed by atoms with Gasteiger partial charge in [-0.25, -0.2) is 8.78 Å². The average molecular weight is 203 g/mol. The molecule has 0 spiro atoms. The summed E-state index contributed by atoms with van der Waals surface area (Å²) in [6.07, 6.45) is -2.65. The molecule has 1 aromatic heterocycles. The SMILES string of the molecule is O=c1c2c([nH]n1CCC(F)F)CNC2. The highest BCUT2D eigenvalue weighted by atomic mass is 19.3. The first kappa shape index (κ1) is 9.39. The lowest BCUT2D eigenvalue weighted by atomic mass is 10.3. The van der Waals surface area contributed by atoms with E-state index in [4.69, 9.17) is 0 Å². The number of halogens is 2. The molecule has 0 atom stereocenters. The van der Waals surface area contributed by atoms with Crippen LogP contribution in [0.15, 0.2) is 4.79 Å². The van der Waals surface area contributed by atoms with E-state index in [2.05, 4.69) is 10.4 Å². The highest BCUT2D eigenvalue weighted by Crippen LogP contribution is 2.08. The van der Waals surface area contributed by atoms with Crippen molar-refractivity contribution in [1.29, 1.82) is 0 Å². The molecule has 78 valence electrons. The Labute approximate surface area is 78.9 Å². The van der Waals surface area contributed by atoms with Crippen molar-refractivity contribution >= 4 is 0 Å². The second-order valence-electron chi connectivity index (χ2n) is 3.31. The summed E-state index contributed by atoms with van der Waals surface area (Å²) in [7, 11) is 0. The number of aryl methyl sites for hydroxylation is 1. The number of H-pyrrole nitrogens is 1. The highest BCUT2D eigenvalue weighted by molar-refractivity contribution is 5.20. The highest BCUT2D eigenvalue weighted by Gasteiger charge is 2.18. The second kappa shape index (κ2) is 3.53. The quantitative estimate of drug-likeness (QED) is 0.748. The molecule has 0 radical (unpaired) electrons. The number of fused-ring (bicyclic) bond motifs is 1. The number of aromatic amines is 1. The smallest absolute Gasteiger partial charge is 0.271 e. The molecule has 6 heteroatoms. The van der Waals surface area contributed by atoms with Gasteiger partial charge in [0.05, 0.1) is 11.3 Å². The standard InChI is InChI=1S/C8H11F2N3O/c9-7(10)1-2-13-8(14)5-3-11-4-6(5)12-13/h7,11-12H,1-4H2. The third-order valence-corrected chi connectivity index (χ3v) is 2.31. The van der Waals surface area contributed by atoms with Crippen LogP contribution in [0, 0.1) is 0 Å². The molecule has 0 bridgehead atoms. The van der Waals surface area contributed by atoms with Gasteiger partial charge in [0.15, 0.2) is 0 Å². The van der Waals surface area contributed by atoms with Gasteiger partial charge in [0.1, 0.15) is 0 Å². The fraction of sp³-hybridized carbons (Fsp3) is 0.625. The number of nitrogens with zero attached hydrogens (tertiary/aromatic N) is 1. The lowest BCUT2D eigenvalue weighted by molar-refractivity contribution is 0.129. The van der Waals surface area contributed by atoms with Crippen LogP contribution in [0.3, 0.4) is 0 Å². The van der Waals surface area contributed by atoms with Crippen LogP contribution in [0.1, 0.15) is 17.7 Å². The molecule has 2 N–H and O–H groups in total. The summed E-state index contributed by atoms with van der Waals surface area (Å²) < 4.78 is 25.1. The van der Waals surface area contributed by atoms with Gasteiger partial charge in [0, 0.05) is 26.1 Å². The van der Waals surface area contributed by atoms with Gasteiger partial charge < -0.3 is 5.32 Å². The zero-order chi connectivity index (χ0) is 10.1. The fourth-order valence-electron chi connectivity index (χ4n) is 1.60. The van der Waals surface area contributed by atoms with Crippen LogP contribution in [-0.2, 0) is 19.6 Å². The third kappa shape index (κ3) is 1.57. The van der Waals surface area contributed by atoms with E-state index in [-0.39, 0.29) is 18.5 Å². The molecule has 0 aliphatic carbocycles. The minimum absolute atomic E-state index is 0.0590. The van der Waals surface area contributed by atoms with Gasteiger partial charge >= 0.3 is 0 Å². The Morgan fingerprint density at radius 1 is 1.43 bits per heavy atom. The zero-order valence-corrected chi connectivity index (χ0v) is 7.52. The first-order valence-electron chi connectivity index (χ1n) is 4.48. The number of aromatic nitrogens is 2. The predicted molar refractivity (Wildman–Crippen MR) is 46.2 cm³/mol. The summed E-state index contributed by atoms with van der Waals surface area (Å²) in [5, 5.41) is 5.83. The van der Waals surface area contributed by atoms with Gasteiger partial charge in [0.25, 0.3) is 5.56 Å². The Morgan fingerprint density at radius 2 is 2.21 bits per heavy atom. The van der Waals surface area contributed by atoms with E-state index in [0.29, 0.717) is 18.7 Å². The van der Waals surface area contributed by atoms with Crippen LogP contribution in [0.4, 0.5) is 8.78 Å². The summed E-state index contributed by atoms with van der Waals surface area (Å²) in [5.74, 6) is 0. The van der Waals surface area contributed by atoms with Crippen molar-refractivity contribution in [2.75, 3.05) is 0 Å². The third-order valence-electron chi connectivity index (χ3n) is 2.31. The number of hydrogen-bond donors (Lipinski definition) is 2. The van der Waals surface area contributed by atoms with Crippen molar-refractivity contribution in [3.63, 3.8) is 0 Å². The van der Waals surface area contributed by atoms with Crippen molar-refractivity contribution in [1.82, 2.24) is 15.1 Å². The van der Waals surface area contributed by atoms with Gasteiger partial charge in [-0.2, -0.15) is 0 Å². The minimum Gasteiger partial charge on any atom is -0.307 e. The number of alkyl halides is 2. The lowest BCUT2D eigenvalue weighted by Gasteiger charge is -2.01. The molecule has 1 aliphatic rings. The van der Waals surface area contributed by atoms with E-state index in [9.17, 15) is 13.6 Å². The molecule has 0 fully saturated rings. The number of nitrogens with one attached hydrogen (secondary N) is 2. The van der Waals surface area contributed by atoms with E-state index < -0.39 is 6.43 Å². The molecule has 2 heterocycles. The van der Waals surface area contributed by atoms with E-state index in [1.165, 1.54) is 4.68 Å². The van der Waals surface area contributed by atoms with Gasteiger partial charge in [-0.05, 0) is 0 Å². The molecule has 2 rings (SSSR count). The summed E-state index contributed by atoms with van der Waals surface area (Å²) in [6.45, 7) is 1.21. The molecule has 4 nitrogen and oxygen atoms in total. The van der Waals surface area contributed by atoms with Gasteiger partial charge in [-0.1, -0.05) is 0 Å². The maximum atomic E-state index is 11.9. The van der Waals surface area contributed by atoms with Crippen LogP contribution < -0.4 is 10.9 Å². The van der Waals surface area contributed by atoms with Crippen molar-refractivity contribution in [3.05, 3.63) is 21.6 Å². The summed E-state index contributed by atoms with van der Waals surface area (Å²) in [4.78, 5) is 11.5. The molecular weight excluding hydrogens is 192 g/mol. The Balaban J connectivity index is 2.16. The molecule has 0 aromatic carbocycles. The van der Waals surface area contributed by atoms with Crippen molar-refractivity contribution in [2.24, 2.45) is 0 Å². The van der Waals surface area contributed by atoms with Crippen LogP contribution >= 0.6 is 0 Å². The summed E-state index contributed by atoms with van der Waals surface area (Å²) in [6, 6.07) is 0. The fourth-order valence-corrected chi connectivity index (χ4v) is 1.60. The maximum Gasteiger partial charge on any atom is 0.271 e. The Bertz CT molecular complexity index is 382. The normalized spacial score (nSPS) is 15.1. The van der Waals surface area contributed by atoms with Crippen LogP contribution in [0.5, 0.6) is 0 Å². The van der Waals surface area contributed by atoms with E-state index in [1.54, 1.807) is 0 Å². The van der Waals surface area contributed by atoms with Crippen LogP contribution in [0.25, 0.3) is 0 Å². The first-order valence-corrected chi connectivity index (χ1v) is 4.48. The van der Waals surface area contributed by atoms with Crippen molar-refractivity contribution in [3.8, 4) is 0 Å². The maximum absolute atomic E-state index is 11.9. The minimum atomic E-state index is -2.36. The van der Waals surface area contributed by atoms with E-state index in [1.807, 2.05) is 0 Å². The van der Waals surface area contributed by atoms with E-state index in [0.717, 1.165) is 5.69 Å². The first-order chi connectivity index (χ1) is 6.68. The monoisotopic (exact) mass is 203 g/mol. The molecule has 0 unspecified atom stereocenters. The predicted octanol–water partition coefficient (Wildman–Crippen LogP) is 0.435. The molecular formula is C8H11F2N3O. The summed E-state index contributed by atoms with van der Waals surface area (Å²) in [5.41, 5.74) is 1.33. The Kier molecular flexibility index (Phi) is 2.37. The van der Waals surface area contributed by atoms with Gasteiger partial charge in [-0.15, -0.1) is 0 Å². The van der Waals surface area contributed by atoms with Crippen molar-refractivity contribution < 1.29 is 8.78 Å².